The van der Waals surface area contributed by atoms with E-state index < -0.39 is 17.6 Å². The summed E-state index contributed by atoms with van der Waals surface area (Å²) in [6.45, 7) is 0.216. The summed E-state index contributed by atoms with van der Waals surface area (Å²) in [4.78, 5) is 28.2. The molecule has 0 unspecified atom stereocenters. The van der Waals surface area contributed by atoms with E-state index in [0.29, 0.717) is 0 Å². The molecule has 1 heterocycles. The average Bonchev–Trinajstić information content (AvgIpc) is 3.10. The van der Waals surface area contributed by atoms with Crippen LogP contribution in [-0.4, -0.2) is 16.8 Å². The lowest BCUT2D eigenvalue weighted by Gasteiger charge is -2.04. The van der Waals surface area contributed by atoms with Gasteiger partial charge in [-0.3, -0.25) is 14.9 Å². The van der Waals surface area contributed by atoms with E-state index in [1.54, 1.807) is 18.2 Å². The highest BCUT2D eigenvalue weighted by atomic mass is 32.1. The number of benzene rings is 2. The normalized spacial score (nSPS) is 10.4. The molecule has 0 fully saturated rings. The molecule has 0 saturated carbocycles. The molecule has 2 amide bonds. The first-order valence-electron chi connectivity index (χ1n) is 7.57. The van der Waals surface area contributed by atoms with E-state index in [-0.39, 0.29) is 28.8 Å². The number of thiazole rings is 1. The molecule has 1 aromatic heterocycles. The smallest absolute Gasteiger partial charge is 0.271 e. The highest BCUT2D eigenvalue weighted by Crippen LogP contribution is 2.17. The Morgan fingerprint density at radius 3 is 2.46 bits per heavy atom. The summed E-state index contributed by atoms with van der Waals surface area (Å²) in [7, 11) is 0. The Kier molecular flexibility index (Phi) is 5.33. The van der Waals surface area contributed by atoms with Crippen LogP contribution in [0.1, 0.15) is 26.4 Å². The summed E-state index contributed by atoms with van der Waals surface area (Å²) in [6, 6.07) is 11.3. The molecular weight excluding hydrogens is 360 g/mol. The summed E-state index contributed by atoms with van der Waals surface area (Å²) in [5, 5.41) is 6.78. The largest absolute Gasteiger partial charge is 0.347 e. The molecular formula is C18H13F2N3O2S. The Morgan fingerprint density at radius 1 is 1.00 bits per heavy atom. The summed E-state index contributed by atoms with van der Waals surface area (Å²) >= 11 is 1.05. The van der Waals surface area contributed by atoms with Gasteiger partial charge in [0.15, 0.2) is 5.13 Å². The van der Waals surface area contributed by atoms with Gasteiger partial charge in [-0.15, -0.1) is 11.3 Å². The van der Waals surface area contributed by atoms with Crippen molar-refractivity contribution < 1.29 is 18.4 Å². The van der Waals surface area contributed by atoms with Gasteiger partial charge in [0.1, 0.15) is 17.3 Å². The Bertz CT molecular complexity index is 942. The minimum Gasteiger partial charge on any atom is -0.347 e. The van der Waals surface area contributed by atoms with Gasteiger partial charge in [-0.25, -0.2) is 13.8 Å². The predicted octanol–water partition coefficient (Wildman–Crippen LogP) is 3.60. The summed E-state index contributed by atoms with van der Waals surface area (Å²) in [5.74, 6) is -2.07. The molecule has 0 aliphatic heterocycles. The molecule has 8 heteroatoms. The molecule has 2 aromatic carbocycles. The van der Waals surface area contributed by atoms with Crippen molar-refractivity contribution in [3.05, 3.63) is 82.4 Å². The number of rotatable bonds is 5. The molecule has 0 saturated heterocycles. The van der Waals surface area contributed by atoms with Crippen molar-refractivity contribution in [1.29, 1.82) is 0 Å². The number of carbonyl (C=O) groups is 2. The highest BCUT2D eigenvalue weighted by Gasteiger charge is 2.15. The molecule has 0 spiro atoms. The van der Waals surface area contributed by atoms with Crippen molar-refractivity contribution in [3.63, 3.8) is 0 Å². The van der Waals surface area contributed by atoms with Crippen LogP contribution >= 0.6 is 11.3 Å². The Balaban J connectivity index is 1.60. The van der Waals surface area contributed by atoms with Crippen LogP contribution in [0.25, 0.3) is 0 Å². The van der Waals surface area contributed by atoms with Crippen LogP contribution in [0.2, 0.25) is 0 Å². The SMILES string of the molecule is O=C(NCc1ccc(F)cc1)c1csc(NC(=O)c2ccccc2F)n1. The van der Waals surface area contributed by atoms with Crippen LogP contribution in [0.3, 0.4) is 0 Å². The van der Waals surface area contributed by atoms with Gasteiger partial charge in [-0.05, 0) is 29.8 Å². The van der Waals surface area contributed by atoms with E-state index in [2.05, 4.69) is 15.6 Å². The van der Waals surface area contributed by atoms with E-state index in [9.17, 15) is 18.4 Å². The lowest BCUT2D eigenvalue weighted by Crippen LogP contribution is -2.23. The minimum absolute atomic E-state index is 0.106. The zero-order chi connectivity index (χ0) is 18.5. The number of aromatic nitrogens is 1. The van der Waals surface area contributed by atoms with Gasteiger partial charge < -0.3 is 5.32 Å². The first kappa shape index (κ1) is 17.7. The van der Waals surface area contributed by atoms with Crippen molar-refractivity contribution >= 4 is 28.3 Å². The summed E-state index contributed by atoms with van der Waals surface area (Å²) < 4.78 is 26.4. The average molecular weight is 373 g/mol. The lowest BCUT2D eigenvalue weighted by atomic mass is 10.2. The number of anilines is 1. The van der Waals surface area contributed by atoms with Crippen molar-refractivity contribution in [2.45, 2.75) is 6.54 Å². The number of halogens is 2. The predicted molar refractivity (Wildman–Crippen MR) is 94.0 cm³/mol. The van der Waals surface area contributed by atoms with Gasteiger partial charge in [0, 0.05) is 11.9 Å². The van der Waals surface area contributed by atoms with E-state index in [1.807, 2.05) is 0 Å². The first-order valence-corrected chi connectivity index (χ1v) is 8.45. The molecule has 0 radical (unpaired) electrons. The molecule has 3 aromatic rings. The maximum absolute atomic E-state index is 13.6. The molecule has 5 nitrogen and oxygen atoms in total. The number of nitrogens with one attached hydrogen (secondary N) is 2. The zero-order valence-electron chi connectivity index (χ0n) is 13.3. The van der Waals surface area contributed by atoms with Crippen molar-refractivity contribution in [2.75, 3.05) is 5.32 Å². The Labute approximate surface area is 151 Å². The van der Waals surface area contributed by atoms with Gasteiger partial charge in [-0.1, -0.05) is 24.3 Å². The molecule has 0 aliphatic carbocycles. The molecule has 26 heavy (non-hydrogen) atoms. The summed E-state index contributed by atoms with van der Waals surface area (Å²) in [5.41, 5.74) is 0.758. The van der Waals surface area contributed by atoms with Crippen molar-refractivity contribution in [1.82, 2.24) is 10.3 Å². The quantitative estimate of drug-likeness (QED) is 0.718. The second kappa shape index (κ2) is 7.83. The standard InChI is InChI=1S/C18H13F2N3O2S/c19-12-7-5-11(6-8-12)9-21-17(25)15-10-26-18(22-15)23-16(24)13-3-1-2-4-14(13)20/h1-8,10H,9H2,(H,21,25)(H,22,23,24). The van der Waals surface area contributed by atoms with E-state index >= 15 is 0 Å². The number of nitrogens with zero attached hydrogens (tertiary/aromatic N) is 1. The lowest BCUT2D eigenvalue weighted by molar-refractivity contribution is 0.0945. The highest BCUT2D eigenvalue weighted by molar-refractivity contribution is 7.14. The van der Waals surface area contributed by atoms with E-state index in [0.717, 1.165) is 16.9 Å². The fraction of sp³-hybridized carbons (Fsp3) is 0.0556. The van der Waals surface area contributed by atoms with Crippen LogP contribution in [0, 0.1) is 11.6 Å². The van der Waals surface area contributed by atoms with E-state index in [4.69, 9.17) is 0 Å². The third-order valence-corrected chi connectivity index (χ3v) is 4.20. The molecule has 132 valence electrons. The van der Waals surface area contributed by atoms with E-state index in [1.165, 1.54) is 35.7 Å². The fourth-order valence-corrected chi connectivity index (χ4v) is 2.81. The van der Waals surface area contributed by atoms with Gasteiger partial charge in [-0.2, -0.15) is 0 Å². The van der Waals surface area contributed by atoms with Gasteiger partial charge in [0.05, 0.1) is 5.56 Å². The van der Waals surface area contributed by atoms with Crippen molar-refractivity contribution in [2.24, 2.45) is 0 Å². The number of amides is 2. The van der Waals surface area contributed by atoms with Gasteiger partial charge >= 0.3 is 0 Å². The molecule has 0 aliphatic rings. The maximum Gasteiger partial charge on any atom is 0.271 e. The fourth-order valence-electron chi connectivity index (χ4n) is 2.12. The van der Waals surface area contributed by atoms with Crippen LogP contribution in [-0.2, 0) is 6.54 Å². The Hall–Kier alpha value is -3.13. The second-order valence-corrected chi connectivity index (χ2v) is 6.14. The first-order chi connectivity index (χ1) is 12.5. The molecule has 0 bridgehead atoms. The third-order valence-electron chi connectivity index (χ3n) is 3.44. The third kappa shape index (κ3) is 4.28. The summed E-state index contributed by atoms with van der Waals surface area (Å²) in [6.07, 6.45) is 0. The number of carbonyl (C=O) groups excluding carboxylic acids is 2. The monoisotopic (exact) mass is 373 g/mol. The molecule has 0 atom stereocenters. The maximum atomic E-state index is 13.6. The molecule has 3 rings (SSSR count). The molecule has 2 N–H and O–H groups in total. The van der Waals surface area contributed by atoms with Crippen LogP contribution in [0.15, 0.2) is 53.9 Å². The van der Waals surface area contributed by atoms with Crippen LogP contribution < -0.4 is 10.6 Å². The van der Waals surface area contributed by atoms with Crippen molar-refractivity contribution in [3.8, 4) is 0 Å². The topological polar surface area (TPSA) is 71.1 Å². The van der Waals surface area contributed by atoms with Crippen LogP contribution in [0.4, 0.5) is 13.9 Å². The van der Waals surface area contributed by atoms with Gasteiger partial charge in [0.25, 0.3) is 11.8 Å². The minimum atomic E-state index is -0.643. The van der Waals surface area contributed by atoms with Gasteiger partial charge in [0.2, 0.25) is 0 Å². The number of hydrogen-bond acceptors (Lipinski definition) is 4. The van der Waals surface area contributed by atoms with Crippen LogP contribution in [0.5, 0.6) is 0 Å². The zero-order valence-corrected chi connectivity index (χ0v) is 14.1. The number of hydrogen-bond donors (Lipinski definition) is 2. The second-order valence-electron chi connectivity index (χ2n) is 5.28. The Morgan fingerprint density at radius 2 is 1.73 bits per heavy atom.